The first-order valence-electron chi connectivity index (χ1n) is 14.8. The molecule has 0 saturated carbocycles. The number of anilines is 3. The summed E-state index contributed by atoms with van der Waals surface area (Å²) < 4.78 is 11.9. The molecular weight excluding hydrogens is 542 g/mol. The predicted molar refractivity (Wildman–Crippen MR) is 182 cm³/mol. The van der Waals surface area contributed by atoms with E-state index in [4.69, 9.17) is 9.15 Å². The van der Waals surface area contributed by atoms with Crippen LogP contribution in [0.1, 0.15) is 19.4 Å². The maximum absolute atomic E-state index is 12.9. The van der Waals surface area contributed by atoms with Gasteiger partial charge in [0.2, 0.25) is 0 Å². The normalized spacial score (nSPS) is 12.4. The predicted octanol–water partition coefficient (Wildman–Crippen LogP) is 10.9. The van der Waals surface area contributed by atoms with Crippen LogP contribution in [0, 0.1) is 0 Å². The minimum Gasteiger partial charge on any atom is -0.501 e. The summed E-state index contributed by atoms with van der Waals surface area (Å²) in [7, 11) is 1.61. The van der Waals surface area contributed by atoms with Crippen LogP contribution in [-0.4, -0.2) is 12.9 Å². The van der Waals surface area contributed by atoms with Crippen LogP contribution in [0.2, 0.25) is 0 Å². The Hall–Kier alpha value is -5.61. The number of fused-ring (bicyclic) bond motifs is 3. The lowest BCUT2D eigenvalue weighted by Crippen LogP contribution is -2.10. The molecule has 0 bridgehead atoms. The molecular formula is C40H29NO3. The number of methoxy groups -OCH3 is 1. The van der Waals surface area contributed by atoms with E-state index in [1.807, 2.05) is 37.3 Å². The molecule has 0 saturated heterocycles. The number of hydrogen-bond acceptors (Lipinski definition) is 4. The molecule has 8 rings (SSSR count). The third kappa shape index (κ3) is 3.88. The number of benzene rings is 7. The van der Waals surface area contributed by atoms with Crippen LogP contribution in [0.25, 0.3) is 59.8 Å². The first kappa shape index (κ1) is 26.1. The number of hydrogen-bond donors (Lipinski definition) is 0. The molecule has 0 aliphatic heterocycles. The van der Waals surface area contributed by atoms with Crippen LogP contribution in [0.3, 0.4) is 0 Å². The monoisotopic (exact) mass is 571 g/mol. The van der Waals surface area contributed by atoms with Crippen LogP contribution < -0.4 is 4.90 Å². The fourth-order valence-corrected chi connectivity index (χ4v) is 6.79. The topological polar surface area (TPSA) is 42.7 Å². The molecule has 44 heavy (non-hydrogen) atoms. The summed E-state index contributed by atoms with van der Waals surface area (Å²) in [4.78, 5) is 15.2. The van der Waals surface area contributed by atoms with Gasteiger partial charge in [0.1, 0.15) is 16.9 Å². The lowest BCUT2D eigenvalue weighted by Gasteiger charge is -2.27. The van der Waals surface area contributed by atoms with Gasteiger partial charge in [0, 0.05) is 33.6 Å². The Morgan fingerprint density at radius 2 is 1.25 bits per heavy atom. The quantitative estimate of drug-likeness (QED) is 0.113. The van der Waals surface area contributed by atoms with Gasteiger partial charge in [-0.05, 0) is 82.7 Å². The van der Waals surface area contributed by atoms with E-state index in [1.165, 1.54) is 5.39 Å². The first-order valence-corrected chi connectivity index (χ1v) is 14.8. The Bertz CT molecular complexity index is 2420. The van der Waals surface area contributed by atoms with E-state index in [0.717, 1.165) is 71.5 Å². The molecule has 212 valence electrons. The standard InChI is InChI=1S/C40H29NO3/c1-24(42)38(25(2)43-3)32-18-13-26-15-20-34-35(22-16-27-14-19-33(32)39(26)40(27)34)41(28-9-5-4-6-10-28)29-17-21-31-30-11-7-8-12-36(30)44-37(31)23-29/h4-23H,1-3H3/b38-25+. The van der Waals surface area contributed by atoms with Crippen molar-refractivity contribution < 1.29 is 13.9 Å². The molecule has 1 aromatic heterocycles. The lowest BCUT2D eigenvalue weighted by molar-refractivity contribution is -0.111. The van der Waals surface area contributed by atoms with Gasteiger partial charge >= 0.3 is 0 Å². The number of ketones is 1. The van der Waals surface area contributed by atoms with Gasteiger partial charge in [-0.3, -0.25) is 4.79 Å². The largest absolute Gasteiger partial charge is 0.501 e. The van der Waals surface area contributed by atoms with Gasteiger partial charge in [-0.15, -0.1) is 0 Å². The molecule has 0 radical (unpaired) electrons. The summed E-state index contributed by atoms with van der Waals surface area (Å²) >= 11 is 0. The lowest BCUT2D eigenvalue weighted by atomic mass is 9.88. The highest BCUT2D eigenvalue weighted by Crippen LogP contribution is 2.46. The fourth-order valence-electron chi connectivity index (χ4n) is 6.79. The average Bonchev–Trinajstić information content (AvgIpc) is 3.43. The van der Waals surface area contributed by atoms with Gasteiger partial charge in [0.15, 0.2) is 5.78 Å². The molecule has 7 aromatic carbocycles. The second kappa shape index (κ2) is 9.99. The van der Waals surface area contributed by atoms with Crippen LogP contribution in [0.15, 0.2) is 132 Å². The van der Waals surface area contributed by atoms with Gasteiger partial charge in [-0.2, -0.15) is 0 Å². The van der Waals surface area contributed by atoms with Crippen LogP contribution >= 0.6 is 0 Å². The number of rotatable bonds is 6. The Morgan fingerprint density at radius 1 is 0.614 bits per heavy atom. The Morgan fingerprint density at radius 3 is 2.02 bits per heavy atom. The van der Waals surface area contributed by atoms with Crippen molar-refractivity contribution in [1.29, 1.82) is 0 Å². The van der Waals surface area contributed by atoms with Crippen LogP contribution in [0.4, 0.5) is 17.1 Å². The SMILES string of the molecule is CO/C(C)=C(\C(C)=O)c1ccc2ccc3c(N(c4ccccc4)c4ccc5c(c4)oc4ccccc45)ccc4ccc1c2c43. The fraction of sp³-hybridized carbons (Fsp3) is 0.0750. The highest BCUT2D eigenvalue weighted by molar-refractivity contribution is 6.30. The van der Waals surface area contributed by atoms with Crippen molar-refractivity contribution in [2.75, 3.05) is 12.0 Å². The van der Waals surface area contributed by atoms with Crippen LogP contribution in [0.5, 0.6) is 0 Å². The number of ether oxygens (including phenoxy) is 1. The number of carbonyl (C=O) groups is 1. The number of nitrogens with zero attached hydrogens (tertiary/aromatic N) is 1. The van der Waals surface area contributed by atoms with E-state index < -0.39 is 0 Å². The first-order chi connectivity index (χ1) is 21.5. The Labute approximate surface area is 254 Å². The summed E-state index contributed by atoms with van der Waals surface area (Å²) in [5.41, 5.74) is 6.35. The Balaban J connectivity index is 1.42. The Kier molecular flexibility index (Phi) is 5.92. The number of para-hydroxylation sites is 2. The molecule has 0 N–H and O–H groups in total. The van der Waals surface area contributed by atoms with Gasteiger partial charge in [-0.25, -0.2) is 0 Å². The highest BCUT2D eigenvalue weighted by Gasteiger charge is 2.22. The molecule has 0 fully saturated rings. The van der Waals surface area contributed by atoms with Crippen molar-refractivity contribution in [1.82, 2.24) is 0 Å². The molecule has 0 spiro atoms. The van der Waals surface area contributed by atoms with Crippen molar-refractivity contribution in [3.63, 3.8) is 0 Å². The minimum absolute atomic E-state index is 0.0173. The molecule has 0 aliphatic carbocycles. The third-order valence-corrected chi connectivity index (χ3v) is 8.80. The van der Waals surface area contributed by atoms with Crippen molar-refractivity contribution in [2.45, 2.75) is 13.8 Å². The summed E-state index contributed by atoms with van der Waals surface area (Å²) in [5.74, 6) is 0.598. The number of furan rings is 1. The molecule has 0 aliphatic rings. The van der Waals surface area contributed by atoms with E-state index in [-0.39, 0.29) is 5.78 Å². The second-order valence-corrected chi connectivity index (χ2v) is 11.3. The number of allylic oxidation sites excluding steroid dienone is 2. The highest BCUT2D eigenvalue weighted by atomic mass is 16.5. The van der Waals surface area contributed by atoms with Crippen molar-refractivity contribution in [3.05, 3.63) is 133 Å². The molecule has 8 aromatic rings. The molecule has 1 heterocycles. The molecule has 0 amide bonds. The van der Waals surface area contributed by atoms with E-state index in [0.29, 0.717) is 11.3 Å². The number of carbonyl (C=O) groups excluding carboxylic acids is 1. The summed E-state index contributed by atoms with van der Waals surface area (Å²) in [5, 5.41) is 8.97. The van der Waals surface area contributed by atoms with E-state index in [2.05, 4.69) is 95.9 Å². The molecule has 0 unspecified atom stereocenters. The van der Waals surface area contributed by atoms with Crippen LogP contribution in [-0.2, 0) is 9.53 Å². The number of Topliss-reactive ketones (excluding diaryl/α,β-unsaturated/α-hetero) is 1. The zero-order chi connectivity index (χ0) is 29.9. The summed E-state index contributed by atoms with van der Waals surface area (Å²) in [6.45, 7) is 3.45. The van der Waals surface area contributed by atoms with Gasteiger partial charge in [0.05, 0.1) is 18.4 Å². The smallest absolute Gasteiger partial charge is 0.163 e. The zero-order valence-corrected chi connectivity index (χ0v) is 24.7. The molecule has 4 heteroatoms. The van der Waals surface area contributed by atoms with Crippen molar-refractivity contribution >= 4 is 82.7 Å². The summed E-state index contributed by atoms with van der Waals surface area (Å²) in [6.07, 6.45) is 0. The van der Waals surface area contributed by atoms with Gasteiger partial charge < -0.3 is 14.1 Å². The van der Waals surface area contributed by atoms with Gasteiger partial charge in [0.25, 0.3) is 0 Å². The minimum atomic E-state index is -0.0173. The zero-order valence-electron chi connectivity index (χ0n) is 24.7. The average molecular weight is 572 g/mol. The third-order valence-electron chi connectivity index (χ3n) is 8.80. The summed E-state index contributed by atoms with van der Waals surface area (Å²) in [6, 6.07) is 42.3. The molecule has 0 atom stereocenters. The van der Waals surface area contributed by atoms with E-state index >= 15 is 0 Å². The van der Waals surface area contributed by atoms with Gasteiger partial charge in [-0.1, -0.05) is 78.9 Å². The van der Waals surface area contributed by atoms with E-state index in [9.17, 15) is 4.79 Å². The maximum Gasteiger partial charge on any atom is 0.163 e. The van der Waals surface area contributed by atoms with Crippen molar-refractivity contribution in [2.24, 2.45) is 0 Å². The van der Waals surface area contributed by atoms with E-state index in [1.54, 1.807) is 14.0 Å². The van der Waals surface area contributed by atoms with Crippen molar-refractivity contribution in [3.8, 4) is 0 Å². The maximum atomic E-state index is 12.9. The second-order valence-electron chi connectivity index (χ2n) is 11.3. The molecule has 4 nitrogen and oxygen atoms in total.